The summed E-state index contributed by atoms with van der Waals surface area (Å²) in [4.78, 5) is 0. The fourth-order valence-electron chi connectivity index (χ4n) is 1.27. The van der Waals surface area contributed by atoms with E-state index >= 15 is 0 Å². The highest BCUT2D eigenvalue weighted by atomic mass is 16.5. The van der Waals surface area contributed by atoms with Crippen molar-refractivity contribution in [2.75, 3.05) is 6.61 Å². The molecule has 4 atom stereocenters. The Balaban J connectivity index is 2.78. The Morgan fingerprint density at radius 2 is 1.92 bits per heavy atom. The van der Waals surface area contributed by atoms with Crippen LogP contribution in [-0.4, -0.2) is 51.4 Å². The molecule has 76 valence electrons. The van der Waals surface area contributed by atoms with Crippen LogP contribution in [0.5, 0.6) is 0 Å². The molecule has 1 saturated heterocycles. The van der Waals surface area contributed by atoms with Crippen LogP contribution >= 0.6 is 0 Å². The summed E-state index contributed by atoms with van der Waals surface area (Å²) in [6.45, 7) is 1.24. The van der Waals surface area contributed by atoms with Crippen LogP contribution in [0, 0.1) is 0 Å². The first-order valence-corrected chi connectivity index (χ1v) is 4.09. The van der Waals surface area contributed by atoms with Crippen LogP contribution in [0.4, 0.5) is 0 Å². The van der Waals surface area contributed by atoms with Crippen molar-refractivity contribution in [2.45, 2.75) is 31.3 Å². The average Bonchev–Trinajstić information content (AvgIpc) is 2.15. The highest BCUT2D eigenvalue weighted by Gasteiger charge is 2.40. The normalized spacial score (nSPS) is 43.3. The van der Waals surface area contributed by atoms with Gasteiger partial charge in [0.05, 0.1) is 6.61 Å². The van der Waals surface area contributed by atoms with Crippen molar-refractivity contribution in [2.24, 2.45) is 0 Å². The molecular weight excluding hydrogens is 176 g/mol. The lowest BCUT2D eigenvalue weighted by Gasteiger charge is -2.36. The molecule has 0 radical (unpaired) electrons. The second-order valence-electron chi connectivity index (χ2n) is 2.96. The molecular formula is C8H14O5. The first-order chi connectivity index (χ1) is 6.11. The molecule has 5 nitrogen and oxygen atoms in total. The minimum absolute atomic E-state index is 0.178. The van der Waals surface area contributed by atoms with Gasteiger partial charge in [0, 0.05) is 0 Å². The highest BCUT2D eigenvalue weighted by molar-refractivity contribution is 5.08. The van der Waals surface area contributed by atoms with Crippen molar-refractivity contribution in [1.82, 2.24) is 0 Å². The molecule has 0 unspecified atom stereocenters. The van der Waals surface area contributed by atoms with E-state index in [4.69, 9.17) is 9.84 Å². The van der Waals surface area contributed by atoms with Crippen molar-refractivity contribution < 1.29 is 25.2 Å². The zero-order valence-corrected chi connectivity index (χ0v) is 7.29. The van der Waals surface area contributed by atoms with E-state index in [9.17, 15) is 15.3 Å². The van der Waals surface area contributed by atoms with E-state index in [0.717, 1.165) is 0 Å². The molecule has 1 rings (SSSR count). The Hall–Kier alpha value is -0.620. The van der Waals surface area contributed by atoms with Crippen LogP contribution in [0.15, 0.2) is 11.8 Å². The van der Waals surface area contributed by atoms with Crippen LogP contribution in [0.3, 0.4) is 0 Å². The Morgan fingerprint density at radius 3 is 2.38 bits per heavy atom. The molecule has 0 aromatic heterocycles. The SMILES string of the molecule is C/C=C1/O[C@H](CO)[C@@H](O)[C@H](O)[C@H]1O. The van der Waals surface area contributed by atoms with Crippen LogP contribution in [0.1, 0.15) is 6.92 Å². The summed E-state index contributed by atoms with van der Waals surface area (Å²) in [7, 11) is 0. The number of ether oxygens (including phenoxy) is 1. The Bertz CT molecular complexity index is 201. The molecule has 0 amide bonds. The summed E-state index contributed by atoms with van der Waals surface area (Å²) < 4.78 is 5.03. The van der Waals surface area contributed by atoms with Crippen molar-refractivity contribution in [3.05, 3.63) is 11.8 Å². The molecule has 0 saturated carbocycles. The van der Waals surface area contributed by atoms with E-state index in [2.05, 4.69) is 0 Å². The van der Waals surface area contributed by atoms with Gasteiger partial charge in [-0.2, -0.15) is 0 Å². The maximum atomic E-state index is 9.34. The lowest BCUT2D eigenvalue weighted by molar-refractivity contribution is -0.164. The molecule has 1 aliphatic rings. The third kappa shape index (κ3) is 1.83. The van der Waals surface area contributed by atoms with Gasteiger partial charge in [-0.1, -0.05) is 0 Å². The second kappa shape index (κ2) is 4.06. The molecule has 4 N–H and O–H groups in total. The van der Waals surface area contributed by atoms with Crippen LogP contribution in [0.2, 0.25) is 0 Å². The van der Waals surface area contributed by atoms with Crippen LogP contribution in [0.25, 0.3) is 0 Å². The average molecular weight is 190 g/mol. The predicted octanol–water partition coefficient (Wildman–Crippen LogP) is -1.64. The van der Waals surface area contributed by atoms with Gasteiger partial charge in [0.25, 0.3) is 0 Å². The number of hydrogen-bond donors (Lipinski definition) is 4. The smallest absolute Gasteiger partial charge is 0.150 e. The summed E-state index contributed by atoms with van der Waals surface area (Å²) in [5.74, 6) is 0.178. The summed E-state index contributed by atoms with van der Waals surface area (Å²) in [5, 5.41) is 36.7. The molecule has 0 aliphatic carbocycles. The van der Waals surface area contributed by atoms with Crippen molar-refractivity contribution in [1.29, 1.82) is 0 Å². The number of aliphatic hydroxyl groups excluding tert-OH is 4. The first-order valence-electron chi connectivity index (χ1n) is 4.09. The monoisotopic (exact) mass is 190 g/mol. The lowest BCUT2D eigenvalue weighted by atomic mass is 9.98. The molecule has 5 heteroatoms. The second-order valence-corrected chi connectivity index (χ2v) is 2.96. The van der Waals surface area contributed by atoms with Gasteiger partial charge in [0.2, 0.25) is 0 Å². The summed E-state index contributed by atoms with van der Waals surface area (Å²) >= 11 is 0. The van der Waals surface area contributed by atoms with Gasteiger partial charge in [0.1, 0.15) is 30.2 Å². The number of hydrogen-bond acceptors (Lipinski definition) is 5. The quantitative estimate of drug-likeness (QED) is 0.398. The van der Waals surface area contributed by atoms with Gasteiger partial charge in [-0.15, -0.1) is 0 Å². The van der Waals surface area contributed by atoms with Gasteiger partial charge >= 0.3 is 0 Å². The van der Waals surface area contributed by atoms with E-state index in [1.807, 2.05) is 0 Å². The minimum atomic E-state index is -1.31. The molecule has 1 aliphatic heterocycles. The fraction of sp³-hybridized carbons (Fsp3) is 0.750. The largest absolute Gasteiger partial charge is 0.487 e. The Labute approximate surface area is 75.9 Å². The predicted molar refractivity (Wildman–Crippen MR) is 43.7 cm³/mol. The standard InChI is InChI=1S/C8H14O5/c1-2-4-6(10)8(12)7(11)5(3-9)13-4/h2,5-12H,3H2,1H3/b4-2+/t5-,6+,7-,8-/m1/s1. The van der Waals surface area contributed by atoms with Crippen LogP contribution in [-0.2, 0) is 4.74 Å². The molecule has 1 heterocycles. The minimum Gasteiger partial charge on any atom is -0.487 e. The van der Waals surface area contributed by atoms with E-state index in [1.54, 1.807) is 6.92 Å². The molecule has 0 bridgehead atoms. The van der Waals surface area contributed by atoms with E-state index in [-0.39, 0.29) is 5.76 Å². The summed E-state index contributed by atoms with van der Waals surface area (Å²) in [5.41, 5.74) is 0. The summed E-state index contributed by atoms with van der Waals surface area (Å²) in [6, 6.07) is 0. The van der Waals surface area contributed by atoms with Gasteiger partial charge < -0.3 is 25.2 Å². The number of aliphatic hydroxyl groups is 4. The zero-order chi connectivity index (χ0) is 10.0. The van der Waals surface area contributed by atoms with E-state index in [1.165, 1.54) is 6.08 Å². The Morgan fingerprint density at radius 1 is 1.31 bits per heavy atom. The van der Waals surface area contributed by atoms with Crippen molar-refractivity contribution in [3.8, 4) is 0 Å². The number of allylic oxidation sites excluding steroid dienone is 1. The van der Waals surface area contributed by atoms with Gasteiger partial charge in [0.15, 0.2) is 0 Å². The fourth-order valence-corrected chi connectivity index (χ4v) is 1.27. The van der Waals surface area contributed by atoms with E-state index < -0.39 is 31.0 Å². The maximum absolute atomic E-state index is 9.34. The van der Waals surface area contributed by atoms with Crippen molar-refractivity contribution in [3.63, 3.8) is 0 Å². The first kappa shape index (κ1) is 10.5. The molecule has 1 fully saturated rings. The summed E-state index contributed by atoms with van der Waals surface area (Å²) in [6.07, 6.45) is -3.17. The van der Waals surface area contributed by atoms with E-state index in [0.29, 0.717) is 0 Å². The van der Waals surface area contributed by atoms with Gasteiger partial charge in [-0.3, -0.25) is 0 Å². The highest BCUT2D eigenvalue weighted by Crippen LogP contribution is 2.23. The van der Waals surface area contributed by atoms with Crippen molar-refractivity contribution >= 4 is 0 Å². The maximum Gasteiger partial charge on any atom is 0.150 e. The number of rotatable bonds is 1. The third-order valence-corrected chi connectivity index (χ3v) is 2.10. The van der Waals surface area contributed by atoms with Crippen LogP contribution < -0.4 is 0 Å². The zero-order valence-electron chi connectivity index (χ0n) is 7.29. The molecule has 0 aromatic rings. The lowest BCUT2D eigenvalue weighted by Crippen LogP contribution is -2.52. The van der Waals surface area contributed by atoms with Gasteiger partial charge in [-0.25, -0.2) is 0 Å². The third-order valence-electron chi connectivity index (χ3n) is 2.10. The topological polar surface area (TPSA) is 90.2 Å². The van der Waals surface area contributed by atoms with Gasteiger partial charge in [-0.05, 0) is 13.0 Å². The Kier molecular flexibility index (Phi) is 3.27. The molecule has 0 aromatic carbocycles. The molecule has 13 heavy (non-hydrogen) atoms. The molecule has 0 spiro atoms.